The largest absolute Gasteiger partial charge is 0.505 e. The monoisotopic (exact) mass is 354 g/mol. The summed E-state index contributed by atoms with van der Waals surface area (Å²) < 4.78 is 19.0. The number of esters is 1. The standard InChI is InChI=1S/C22H23FO3/c1-26-22(25)18-11-7-6-10-17(18)21(15-8-4-2-3-5-9-15)16-12-13-20(24)19(23)14-16/h6-7,10-14,24H,2-5,8-9H2,1H3. The van der Waals surface area contributed by atoms with Crippen molar-refractivity contribution in [2.24, 2.45) is 0 Å². The maximum atomic E-state index is 14.1. The van der Waals surface area contributed by atoms with Crippen molar-refractivity contribution in [2.75, 3.05) is 7.11 Å². The van der Waals surface area contributed by atoms with E-state index in [0.29, 0.717) is 11.1 Å². The molecule has 2 aromatic rings. The van der Waals surface area contributed by atoms with Gasteiger partial charge in [0.05, 0.1) is 12.7 Å². The van der Waals surface area contributed by atoms with Crippen molar-refractivity contribution in [1.29, 1.82) is 0 Å². The first kappa shape index (κ1) is 18.2. The van der Waals surface area contributed by atoms with Gasteiger partial charge in [-0.2, -0.15) is 0 Å². The maximum absolute atomic E-state index is 14.1. The van der Waals surface area contributed by atoms with Gasteiger partial charge < -0.3 is 9.84 Å². The van der Waals surface area contributed by atoms with Crippen LogP contribution >= 0.6 is 0 Å². The molecule has 0 bridgehead atoms. The van der Waals surface area contributed by atoms with Crippen molar-refractivity contribution in [2.45, 2.75) is 38.5 Å². The lowest BCUT2D eigenvalue weighted by Crippen LogP contribution is -2.07. The van der Waals surface area contributed by atoms with E-state index in [4.69, 9.17) is 4.74 Å². The zero-order valence-corrected chi connectivity index (χ0v) is 14.9. The fourth-order valence-electron chi connectivity index (χ4n) is 3.61. The minimum absolute atomic E-state index is 0.375. The van der Waals surface area contributed by atoms with Gasteiger partial charge in [-0.3, -0.25) is 0 Å². The molecule has 2 aromatic carbocycles. The number of halogens is 1. The zero-order valence-electron chi connectivity index (χ0n) is 14.9. The summed E-state index contributed by atoms with van der Waals surface area (Å²) in [7, 11) is 1.36. The minimum atomic E-state index is -0.662. The van der Waals surface area contributed by atoms with Crippen LogP contribution in [-0.4, -0.2) is 18.2 Å². The van der Waals surface area contributed by atoms with E-state index in [1.54, 1.807) is 18.2 Å². The second-order valence-electron chi connectivity index (χ2n) is 6.60. The first-order chi connectivity index (χ1) is 12.6. The summed E-state index contributed by atoms with van der Waals surface area (Å²) in [5.74, 6) is -1.45. The molecule has 3 rings (SSSR count). The average molecular weight is 354 g/mol. The molecule has 0 heterocycles. The van der Waals surface area contributed by atoms with E-state index in [1.165, 1.54) is 37.7 Å². The van der Waals surface area contributed by atoms with Gasteiger partial charge in [0.1, 0.15) is 0 Å². The van der Waals surface area contributed by atoms with E-state index >= 15 is 0 Å². The zero-order chi connectivity index (χ0) is 18.5. The molecule has 0 unspecified atom stereocenters. The molecule has 1 aliphatic rings. The van der Waals surface area contributed by atoms with Crippen LogP contribution in [0.4, 0.5) is 4.39 Å². The van der Waals surface area contributed by atoms with E-state index in [0.717, 1.165) is 36.8 Å². The Morgan fingerprint density at radius 3 is 2.27 bits per heavy atom. The van der Waals surface area contributed by atoms with Gasteiger partial charge in [0, 0.05) is 0 Å². The maximum Gasteiger partial charge on any atom is 0.338 e. The lowest BCUT2D eigenvalue weighted by Gasteiger charge is -2.18. The molecule has 1 aliphatic carbocycles. The Morgan fingerprint density at radius 1 is 1.00 bits per heavy atom. The predicted octanol–water partition coefficient (Wildman–Crippen LogP) is 5.47. The summed E-state index contributed by atoms with van der Waals surface area (Å²) in [6, 6.07) is 11.7. The topological polar surface area (TPSA) is 46.5 Å². The van der Waals surface area contributed by atoms with E-state index in [1.807, 2.05) is 12.1 Å². The van der Waals surface area contributed by atoms with Gasteiger partial charge in [-0.05, 0) is 60.6 Å². The highest BCUT2D eigenvalue weighted by Crippen LogP contribution is 2.37. The highest BCUT2D eigenvalue weighted by molar-refractivity contribution is 5.98. The Hall–Kier alpha value is -2.62. The smallest absolute Gasteiger partial charge is 0.338 e. The number of carbonyl (C=O) groups is 1. The van der Waals surface area contributed by atoms with E-state index < -0.39 is 11.8 Å². The van der Waals surface area contributed by atoms with E-state index in [2.05, 4.69) is 0 Å². The molecule has 136 valence electrons. The Labute approximate surface area is 153 Å². The summed E-state index contributed by atoms with van der Waals surface area (Å²) in [5, 5.41) is 9.57. The molecule has 0 aromatic heterocycles. The van der Waals surface area contributed by atoms with Crippen molar-refractivity contribution in [3.63, 3.8) is 0 Å². The SMILES string of the molecule is COC(=O)c1ccccc1C(=C1CCCCCC1)c1ccc(O)c(F)c1. The molecule has 0 saturated heterocycles. The number of methoxy groups -OCH3 is 1. The highest BCUT2D eigenvalue weighted by Gasteiger charge is 2.20. The lowest BCUT2D eigenvalue weighted by atomic mass is 9.87. The van der Waals surface area contributed by atoms with Crippen LogP contribution in [0.2, 0.25) is 0 Å². The van der Waals surface area contributed by atoms with Crippen LogP contribution < -0.4 is 0 Å². The summed E-state index contributed by atoms with van der Waals surface area (Å²) >= 11 is 0. The van der Waals surface area contributed by atoms with Gasteiger partial charge in [0.15, 0.2) is 11.6 Å². The second-order valence-corrected chi connectivity index (χ2v) is 6.60. The van der Waals surface area contributed by atoms with Crippen LogP contribution in [-0.2, 0) is 4.74 Å². The second kappa shape index (κ2) is 8.17. The molecule has 4 heteroatoms. The number of phenols is 1. The van der Waals surface area contributed by atoms with Crippen molar-refractivity contribution < 1.29 is 19.0 Å². The summed E-state index contributed by atoms with van der Waals surface area (Å²) in [6.45, 7) is 0. The Bertz CT molecular complexity index is 829. The number of allylic oxidation sites excluding steroid dienone is 1. The molecule has 0 atom stereocenters. The number of ether oxygens (including phenoxy) is 1. The van der Waals surface area contributed by atoms with Crippen LogP contribution in [0, 0.1) is 5.82 Å². The number of rotatable bonds is 3. The number of phenolic OH excluding ortho intramolecular Hbond substituents is 1. The van der Waals surface area contributed by atoms with Crippen LogP contribution in [0.25, 0.3) is 5.57 Å². The molecule has 1 fully saturated rings. The third-order valence-corrected chi connectivity index (χ3v) is 4.90. The van der Waals surface area contributed by atoms with Crippen molar-refractivity contribution >= 4 is 11.5 Å². The van der Waals surface area contributed by atoms with Crippen LogP contribution in [0.15, 0.2) is 48.0 Å². The van der Waals surface area contributed by atoms with E-state index in [-0.39, 0.29) is 5.75 Å². The molecule has 1 N–H and O–H groups in total. The number of hydrogen-bond donors (Lipinski definition) is 1. The molecule has 0 radical (unpaired) electrons. The number of benzene rings is 2. The van der Waals surface area contributed by atoms with Crippen molar-refractivity contribution in [3.05, 3.63) is 70.5 Å². The Morgan fingerprint density at radius 2 is 1.65 bits per heavy atom. The van der Waals surface area contributed by atoms with Gasteiger partial charge in [-0.15, -0.1) is 0 Å². The minimum Gasteiger partial charge on any atom is -0.505 e. The van der Waals surface area contributed by atoms with Crippen molar-refractivity contribution in [1.82, 2.24) is 0 Å². The highest BCUT2D eigenvalue weighted by atomic mass is 19.1. The lowest BCUT2D eigenvalue weighted by molar-refractivity contribution is 0.0600. The quantitative estimate of drug-likeness (QED) is 0.587. The van der Waals surface area contributed by atoms with Crippen LogP contribution in [0.1, 0.15) is 60.0 Å². The molecular weight excluding hydrogens is 331 g/mol. The third-order valence-electron chi connectivity index (χ3n) is 4.90. The van der Waals surface area contributed by atoms with Gasteiger partial charge in [-0.1, -0.05) is 42.7 Å². The Kier molecular flexibility index (Phi) is 5.71. The summed E-state index contributed by atoms with van der Waals surface area (Å²) in [6.07, 6.45) is 6.37. The molecule has 1 saturated carbocycles. The Balaban J connectivity index is 2.23. The number of carbonyl (C=O) groups excluding carboxylic acids is 1. The fraction of sp³-hybridized carbons (Fsp3) is 0.318. The summed E-state index contributed by atoms with van der Waals surface area (Å²) in [5.41, 5.74) is 4.00. The van der Waals surface area contributed by atoms with Crippen LogP contribution in [0.5, 0.6) is 5.75 Å². The van der Waals surface area contributed by atoms with Crippen LogP contribution in [0.3, 0.4) is 0 Å². The van der Waals surface area contributed by atoms with Gasteiger partial charge in [0.25, 0.3) is 0 Å². The molecule has 0 amide bonds. The van der Waals surface area contributed by atoms with E-state index in [9.17, 15) is 14.3 Å². The molecule has 26 heavy (non-hydrogen) atoms. The van der Waals surface area contributed by atoms with Gasteiger partial charge >= 0.3 is 5.97 Å². The summed E-state index contributed by atoms with van der Waals surface area (Å²) in [4.78, 5) is 12.3. The third kappa shape index (κ3) is 3.79. The number of aromatic hydroxyl groups is 1. The van der Waals surface area contributed by atoms with Gasteiger partial charge in [0.2, 0.25) is 0 Å². The normalized spacial score (nSPS) is 14.6. The predicted molar refractivity (Wildman–Crippen MR) is 99.6 cm³/mol. The molecule has 0 aliphatic heterocycles. The molecule has 3 nitrogen and oxygen atoms in total. The fourth-order valence-corrected chi connectivity index (χ4v) is 3.61. The van der Waals surface area contributed by atoms with Crippen molar-refractivity contribution in [3.8, 4) is 5.75 Å². The first-order valence-electron chi connectivity index (χ1n) is 9.00. The number of hydrogen-bond acceptors (Lipinski definition) is 3. The van der Waals surface area contributed by atoms with Gasteiger partial charge in [-0.25, -0.2) is 9.18 Å². The first-order valence-corrected chi connectivity index (χ1v) is 9.00. The molecular formula is C22H23FO3. The molecule has 0 spiro atoms. The average Bonchev–Trinajstić information content (AvgIpc) is 2.94.